The molecule has 0 aromatic heterocycles. The Bertz CT molecular complexity index is 1090. The van der Waals surface area contributed by atoms with Gasteiger partial charge in [0, 0.05) is 0 Å². The van der Waals surface area contributed by atoms with Crippen molar-refractivity contribution in [2.75, 3.05) is 5.75 Å². The Labute approximate surface area is 205 Å². The van der Waals surface area contributed by atoms with Gasteiger partial charge in [-0.15, -0.1) is 0 Å². The Morgan fingerprint density at radius 3 is 2.29 bits per heavy atom. The third-order valence-corrected chi connectivity index (χ3v) is 8.48. The lowest BCUT2D eigenvalue weighted by atomic mass is 9.87. The summed E-state index contributed by atoms with van der Waals surface area (Å²) in [7, 11) is -3.31. The summed E-state index contributed by atoms with van der Waals surface area (Å²) in [6.45, 7) is 1.94. The van der Waals surface area contributed by atoms with Gasteiger partial charge >= 0.3 is 12.1 Å². The van der Waals surface area contributed by atoms with Crippen molar-refractivity contribution in [2.45, 2.75) is 56.8 Å². The van der Waals surface area contributed by atoms with Crippen LogP contribution in [-0.2, 0) is 32.4 Å². The number of carbonyl (C=O) groups excluding carboxylic acids is 2. The van der Waals surface area contributed by atoms with Crippen LogP contribution in [0.3, 0.4) is 0 Å². The zero-order valence-corrected chi connectivity index (χ0v) is 20.3. The number of alkyl carbamates (subject to hydrolysis) is 1. The molecule has 10 heteroatoms. The van der Waals surface area contributed by atoms with Crippen LogP contribution >= 0.6 is 0 Å². The molecule has 0 bridgehead atoms. The fourth-order valence-corrected chi connectivity index (χ4v) is 5.92. The van der Waals surface area contributed by atoms with Gasteiger partial charge in [-0.25, -0.2) is 13.2 Å². The summed E-state index contributed by atoms with van der Waals surface area (Å²) < 4.78 is 34.9. The lowest BCUT2D eigenvalue weighted by Crippen LogP contribution is -2.45. The van der Waals surface area contributed by atoms with E-state index < -0.39 is 34.2 Å². The molecule has 2 aromatic carbocycles. The Balaban J connectivity index is 1.46. The highest BCUT2D eigenvalue weighted by Crippen LogP contribution is 2.33. The lowest BCUT2D eigenvalue weighted by molar-refractivity contribution is -0.133. The van der Waals surface area contributed by atoms with Gasteiger partial charge in [0.25, 0.3) is 0 Å². The molecule has 35 heavy (non-hydrogen) atoms. The van der Waals surface area contributed by atoms with Crippen LogP contribution in [0, 0.1) is 5.92 Å². The van der Waals surface area contributed by atoms with Crippen molar-refractivity contribution in [3.8, 4) is 5.75 Å². The fourth-order valence-electron chi connectivity index (χ4n) is 3.82. The molecule has 0 spiro atoms. The van der Waals surface area contributed by atoms with E-state index in [9.17, 15) is 28.2 Å². The predicted molar refractivity (Wildman–Crippen MR) is 128 cm³/mol. The minimum absolute atomic E-state index is 0.0436. The largest absolute Gasteiger partial charge is 0.445 e. The van der Waals surface area contributed by atoms with Crippen LogP contribution in [0.5, 0.6) is 5.75 Å². The molecule has 1 saturated carbocycles. The predicted octanol–water partition coefficient (Wildman–Crippen LogP) is 2.34. The first-order valence-electron chi connectivity index (χ1n) is 11.5. The number of ether oxygens (including phenoxy) is 2. The van der Waals surface area contributed by atoms with Crippen molar-refractivity contribution in [1.82, 2.24) is 5.32 Å². The van der Waals surface area contributed by atoms with Gasteiger partial charge in [-0.05, 0) is 48.4 Å². The van der Waals surface area contributed by atoms with E-state index in [4.69, 9.17) is 9.47 Å². The van der Waals surface area contributed by atoms with Crippen LogP contribution in [0.1, 0.15) is 37.3 Å². The molecule has 1 aliphatic rings. The summed E-state index contributed by atoms with van der Waals surface area (Å²) in [6, 6.07) is 14.3. The minimum atomic E-state index is -3.31. The molecular formula is C25H31NO8S. The third kappa shape index (κ3) is 8.05. The number of rotatable bonds is 11. The van der Waals surface area contributed by atoms with Crippen LogP contribution < -0.4 is 10.1 Å². The van der Waals surface area contributed by atoms with E-state index in [1.165, 1.54) is 12.1 Å². The second-order valence-corrected chi connectivity index (χ2v) is 11.1. The number of benzene rings is 2. The molecule has 0 radical (unpaired) electrons. The average Bonchev–Trinajstić information content (AvgIpc) is 2.81. The number of hydrogen-bond acceptors (Lipinski definition) is 8. The van der Waals surface area contributed by atoms with Crippen molar-refractivity contribution in [3.63, 3.8) is 0 Å². The number of carbonyl (C=O) groups is 2. The van der Waals surface area contributed by atoms with Gasteiger partial charge in [-0.3, -0.25) is 4.79 Å². The van der Waals surface area contributed by atoms with Crippen LogP contribution in [0.25, 0.3) is 0 Å². The summed E-state index contributed by atoms with van der Waals surface area (Å²) in [6.07, 6.45) is -1.21. The monoisotopic (exact) mass is 505 g/mol. The number of aliphatic hydroxyl groups excluding tert-OH is 1. The first kappa shape index (κ1) is 26.7. The second-order valence-electron chi connectivity index (χ2n) is 8.76. The quantitative estimate of drug-likeness (QED) is 0.240. The van der Waals surface area contributed by atoms with E-state index in [-0.39, 0.29) is 42.1 Å². The molecule has 1 fully saturated rings. The molecule has 0 aliphatic heterocycles. The summed E-state index contributed by atoms with van der Waals surface area (Å²) in [5.41, 5.74) is 1.44. The third-order valence-electron chi connectivity index (χ3n) is 6.08. The van der Waals surface area contributed by atoms with Crippen LogP contribution in [-0.4, -0.2) is 54.0 Å². The molecule has 3 unspecified atom stereocenters. The Kier molecular flexibility index (Phi) is 9.25. The molecule has 2 aromatic rings. The topological polar surface area (TPSA) is 139 Å². The van der Waals surface area contributed by atoms with Crippen molar-refractivity contribution >= 4 is 21.9 Å². The SMILES string of the molecule is CC1CCC1S(=O)(=O)CCC(=O)Oc1ccc(CC(NC(=O)OCc2ccccc2)C(O)O)cc1. The molecule has 0 heterocycles. The van der Waals surface area contributed by atoms with Crippen LogP contribution in [0.4, 0.5) is 4.79 Å². The van der Waals surface area contributed by atoms with Gasteiger partial charge in [0.05, 0.1) is 23.5 Å². The Hall–Kier alpha value is -2.95. The number of sulfone groups is 1. The standard InChI is InChI=1S/C25H31NO8S/c1-17-7-12-22(17)35(31,32)14-13-23(27)34-20-10-8-18(9-11-20)15-21(24(28)29)26-25(30)33-16-19-5-3-2-4-6-19/h2-6,8-11,17,21-22,24,28-29H,7,12-16H2,1H3,(H,26,30). The number of esters is 1. The van der Waals surface area contributed by atoms with Crippen molar-refractivity contribution in [3.05, 3.63) is 65.7 Å². The summed E-state index contributed by atoms with van der Waals surface area (Å²) in [5.74, 6) is -0.504. The maximum Gasteiger partial charge on any atom is 0.407 e. The van der Waals surface area contributed by atoms with Crippen molar-refractivity contribution in [1.29, 1.82) is 0 Å². The number of hydrogen-bond donors (Lipinski definition) is 3. The fraction of sp³-hybridized carbons (Fsp3) is 0.440. The van der Waals surface area contributed by atoms with Gasteiger partial charge in [-0.2, -0.15) is 0 Å². The number of nitrogens with one attached hydrogen (secondary N) is 1. The zero-order valence-electron chi connectivity index (χ0n) is 19.5. The maximum atomic E-state index is 12.3. The van der Waals surface area contributed by atoms with Gasteiger partial charge < -0.3 is 25.0 Å². The van der Waals surface area contributed by atoms with Gasteiger partial charge in [0.2, 0.25) is 0 Å². The molecule has 9 nitrogen and oxygen atoms in total. The van der Waals surface area contributed by atoms with Crippen molar-refractivity contribution in [2.24, 2.45) is 5.92 Å². The van der Waals surface area contributed by atoms with Gasteiger partial charge in [0.1, 0.15) is 12.4 Å². The highest BCUT2D eigenvalue weighted by atomic mass is 32.2. The first-order chi connectivity index (χ1) is 16.6. The molecule has 1 amide bonds. The summed E-state index contributed by atoms with van der Waals surface area (Å²) >= 11 is 0. The number of amides is 1. The highest BCUT2D eigenvalue weighted by molar-refractivity contribution is 7.92. The maximum absolute atomic E-state index is 12.3. The smallest absolute Gasteiger partial charge is 0.407 e. The molecule has 190 valence electrons. The lowest BCUT2D eigenvalue weighted by Gasteiger charge is -2.33. The van der Waals surface area contributed by atoms with Gasteiger partial charge in [-0.1, -0.05) is 49.4 Å². The molecular weight excluding hydrogens is 474 g/mol. The molecule has 3 rings (SSSR count). The summed E-state index contributed by atoms with van der Waals surface area (Å²) in [5, 5.41) is 21.4. The van der Waals surface area contributed by atoms with E-state index >= 15 is 0 Å². The van der Waals surface area contributed by atoms with E-state index in [1.54, 1.807) is 24.3 Å². The van der Waals surface area contributed by atoms with Crippen LogP contribution in [0.2, 0.25) is 0 Å². The van der Waals surface area contributed by atoms with Gasteiger partial charge in [0.15, 0.2) is 16.1 Å². The average molecular weight is 506 g/mol. The minimum Gasteiger partial charge on any atom is -0.445 e. The van der Waals surface area contributed by atoms with Crippen LogP contribution in [0.15, 0.2) is 54.6 Å². The normalized spacial score (nSPS) is 18.4. The van der Waals surface area contributed by atoms with E-state index in [2.05, 4.69) is 5.32 Å². The van der Waals surface area contributed by atoms with Crippen molar-refractivity contribution < 1.29 is 37.7 Å². The molecule has 3 N–H and O–H groups in total. The van der Waals surface area contributed by atoms with E-state index in [0.29, 0.717) is 12.0 Å². The zero-order chi connectivity index (χ0) is 25.4. The Morgan fingerprint density at radius 1 is 1.03 bits per heavy atom. The second kappa shape index (κ2) is 12.1. The number of aliphatic hydroxyl groups is 2. The molecule has 1 aliphatic carbocycles. The Morgan fingerprint density at radius 2 is 1.71 bits per heavy atom. The first-order valence-corrected chi connectivity index (χ1v) is 13.2. The summed E-state index contributed by atoms with van der Waals surface area (Å²) in [4.78, 5) is 24.1. The van der Waals surface area contributed by atoms with E-state index in [1.807, 2.05) is 25.1 Å². The highest BCUT2D eigenvalue weighted by Gasteiger charge is 2.37. The van der Waals surface area contributed by atoms with E-state index in [0.717, 1.165) is 12.0 Å². The molecule has 3 atom stereocenters. The molecule has 0 saturated heterocycles.